The van der Waals surface area contributed by atoms with Gasteiger partial charge in [-0.2, -0.15) is 0 Å². The smallest absolute Gasteiger partial charge is 0.165 e. The summed E-state index contributed by atoms with van der Waals surface area (Å²) >= 11 is 0. The standard InChI is InChI=1S/C15H15FO3/c16-13-6-2-4-8-15(13)19-10-9-18-14-7-3-1-5-12(14)11-17/h1-8,17H,9-11H2. The number of rotatable bonds is 6. The third kappa shape index (κ3) is 3.69. The Morgan fingerprint density at radius 2 is 1.42 bits per heavy atom. The first-order valence-corrected chi connectivity index (χ1v) is 6.00. The van der Waals surface area contributed by atoms with Gasteiger partial charge in [0.15, 0.2) is 11.6 Å². The van der Waals surface area contributed by atoms with Gasteiger partial charge < -0.3 is 14.6 Å². The lowest BCUT2D eigenvalue weighted by molar-refractivity contribution is 0.205. The summed E-state index contributed by atoms with van der Waals surface area (Å²) < 4.78 is 24.0. The minimum atomic E-state index is -0.391. The van der Waals surface area contributed by atoms with E-state index in [0.29, 0.717) is 11.3 Å². The second kappa shape index (κ2) is 6.75. The minimum Gasteiger partial charge on any atom is -0.490 e. The zero-order valence-corrected chi connectivity index (χ0v) is 10.4. The number of benzene rings is 2. The van der Waals surface area contributed by atoms with Crippen LogP contribution in [-0.2, 0) is 6.61 Å². The molecule has 0 amide bonds. The van der Waals surface area contributed by atoms with Gasteiger partial charge in [0.1, 0.15) is 19.0 Å². The topological polar surface area (TPSA) is 38.7 Å². The molecule has 0 aliphatic carbocycles. The van der Waals surface area contributed by atoms with Crippen molar-refractivity contribution in [2.75, 3.05) is 13.2 Å². The van der Waals surface area contributed by atoms with Gasteiger partial charge in [-0.3, -0.25) is 0 Å². The van der Waals surface area contributed by atoms with E-state index in [2.05, 4.69) is 0 Å². The molecule has 4 heteroatoms. The van der Waals surface area contributed by atoms with Gasteiger partial charge in [-0.1, -0.05) is 30.3 Å². The third-order valence-electron chi connectivity index (χ3n) is 2.58. The van der Waals surface area contributed by atoms with E-state index in [1.165, 1.54) is 6.07 Å². The molecule has 19 heavy (non-hydrogen) atoms. The Hall–Kier alpha value is -2.07. The van der Waals surface area contributed by atoms with Crippen LogP contribution in [0.2, 0.25) is 0 Å². The van der Waals surface area contributed by atoms with E-state index in [9.17, 15) is 4.39 Å². The molecule has 0 fully saturated rings. The Balaban J connectivity index is 1.83. The molecular formula is C15H15FO3. The van der Waals surface area contributed by atoms with Crippen molar-refractivity contribution in [2.24, 2.45) is 0 Å². The average molecular weight is 262 g/mol. The van der Waals surface area contributed by atoms with Crippen molar-refractivity contribution < 1.29 is 19.0 Å². The maximum absolute atomic E-state index is 13.3. The highest BCUT2D eigenvalue weighted by Crippen LogP contribution is 2.18. The van der Waals surface area contributed by atoms with Crippen LogP contribution in [0, 0.1) is 5.82 Å². The lowest BCUT2D eigenvalue weighted by Crippen LogP contribution is -2.10. The fourth-order valence-corrected chi connectivity index (χ4v) is 1.64. The Bertz CT molecular complexity index is 528. The third-order valence-corrected chi connectivity index (χ3v) is 2.58. The van der Waals surface area contributed by atoms with Crippen LogP contribution in [0.15, 0.2) is 48.5 Å². The van der Waals surface area contributed by atoms with Crippen LogP contribution in [0.3, 0.4) is 0 Å². The Labute approximate surface area is 111 Å². The maximum atomic E-state index is 13.3. The van der Waals surface area contributed by atoms with E-state index in [1.807, 2.05) is 12.1 Å². The van der Waals surface area contributed by atoms with Gasteiger partial charge in [-0.25, -0.2) is 4.39 Å². The fourth-order valence-electron chi connectivity index (χ4n) is 1.64. The second-order valence-electron chi connectivity index (χ2n) is 3.89. The summed E-state index contributed by atoms with van der Waals surface area (Å²) in [5.41, 5.74) is 0.716. The first-order valence-electron chi connectivity index (χ1n) is 6.00. The van der Waals surface area contributed by atoms with Crippen molar-refractivity contribution in [2.45, 2.75) is 6.61 Å². The normalized spacial score (nSPS) is 10.2. The van der Waals surface area contributed by atoms with Gasteiger partial charge in [-0.05, 0) is 18.2 Å². The van der Waals surface area contributed by atoms with Gasteiger partial charge in [0.2, 0.25) is 0 Å². The lowest BCUT2D eigenvalue weighted by atomic mass is 10.2. The monoisotopic (exact) mass is 262 g/mol. The van der Waals surface area contributed by atoms with Crippen LogP contribution in [0.1, 0.15) is 5.56 Å². The number of aliphatic hydroxyl groups excluding tert-OH is 1. The molecule has 0 radical (unpaired) electrons. The number of para-hydroxylation sites is 2. The number of halogens is 1. The van der Waals surface area contributed by atoms with Crippen molar-refractivity contribution in [3.63, 3.8) is 0 Å². The molecule has 0 unspecified atom stereocenters. The summed E-state index contributed by atoms with van der Waals surface area (Å²) in [6.07, 6.45) is 0. The van der Waals surface area contributed by atoms with Crippen molar-refractivity contribution in [1.29, 1.82) is 0 Å². The molecule has 0 atom stereocenters. The summed E-state index contributed by atoms with van der Waals surface area (Å²) in [6.45, 7) is 0.441. The lowest BCUT2D eigenvalue weighted by Gasteiger charge is -2.11. The zero-order chi connectivity index (χ0) is 13.5. The van der Waals surface area contributed by atoms with E-state index >= 15 is 0 Å². The van der Waals surface area contributed by atoms with Gasteiger partial charge in [0.25, 0.3) is 0 Å². The highest BCUT2D eigenvalue weighted by atomic mass is 19.1. The van der Waals surface area contributed by atoms with E-state index in [4.69, 9.17) is 14.6 Å². The summed E-state index contributed by atoms with van der Waals surface area (Å²) in [5.74, 6) is 0.432. The molecular weight excluding hydrogens is 247 g/mol. The highest BCUT2D eigenvalue weighted by Gasteiger charge is 2.03. The van der Waals surface area contributed by atoms with Gasteiger partial charge >= 0.3 is 0 Å². The van der Waals surface area contributed by atoms with Crippen molar-refractivity contribution in [3.05, 3.63) is 59.9 Å². The summed E-state index contributed by atoms with van der Waals surface area (Å²) in [6, 6.07) is 13.4. The molecule has 0 aromatic heterocycles. The molecule has 0 bridgehead atoms. The minimum absolute atomic E-state index is 0.0790. The van der Waals surface area contributed by atoms with Crippen molar-refractivity contribution in [3.8, 4) is 11.5 Å². The summed E-state index contributed by atoms with van der Waals surface area (Å²) in [7, 11) is 0. The van der Waals surface area contributed by atoms with Crippen molar-refractivity contribution >= 4 is 0 Å². The van der Waals surface area contributed by atoms with Crippen molar-refractivity contribution in [1.82, 2.24) is 0 Å². The van der Waals surface area contributed by atoms with Crippen LogP contribution >= 0.6 is 0 Å². The predicted octanol–water partition coefficient (Wildman–Crippen LogP) is 2.78. The van der Waals surface area contributed by atoms with Gasteiger partial charge in [0, 0.05) is 5.56 Å². The van der Waals surface area contributed by atoms with E-state index in [-0.39, 0.29) is 25.6 Å². The quantitative estimate of drug-likeness (QED) is 0.813. The van der Waals surface area contributed by atoms with Gasteiger partial charge in [0.05, 0.1) is 6.61 Å². The maximum Gasteiger partial charge on any atom is 0.165 e. The zero-order valence-electron chi connectivity index (χ0n) is 10.4. The molecule has 100 valence electrons. The van der Waals surface area contributed by atoms with Crippen LogP contribution in [-0.4, -0.2) is 18.3 Å². The molecule has 2 aromatic carbocycles. The van der Waals surface area contributed by atoms with E-state index < -0.39 is 5.82 Å². The van der Waals surface area contributed by atoms with E-state index in [0.717, 1.165) is 0 Å². The van der Waals surface area contributed by atoms with Crippen LogP contribution in [0.5, 0.6) is 11.5 Å². The van der Waals surface area contributed by atoms with Crippen LogP contribution in [0.4, 0.5) is 4.39 Å². The molecule has 0 spiro atoms. The molecule has 0 saturated heterocycles. The van der Waals surface area contributed by atoms with E-state index in [1.54, 1.807) is 30.3 Å². The number of hydrogen-bond acceptors (Lipinski definition) is 3. The summed E-state index contributed by atoms with van der Waals surface area (Å²) in [4.78, 5) is 0. The molecule has 1 N–H and O–H groups in total. The molecule has 0 aliphatic heterocycles. The molecule has 0 heterocycles. The molecule has 0 aliphatic rings. The molecule has 2 rings (SSSR count). The first kappa shape index (κ1) is 13.4. The van der Waals surface area contributed by atoms with Crippen LogP contribution in [0.25, 0.3) is 0 Å². The first-order chi connectivity index (χ1) is 9.31. The second-order valence-corrected chi connectivity index (χ2v) is 3.89. The predicted molar refractivity (Wildman–Crippen MR) is 69.8 cm³/mol. The Morgan fingerprint density at radius 3 is 2.11 bits per heavy atom. The average Bonchev–Trinajstić information content (AvgIpc) is 2.45. The Morgan fingerprint density at radius 1 is 0.842 bits per heavy atom. The molecule has 0 saturated carbocycles. The summed E-state index contributed by atoms with van der Waals surface area (Å²) in [5, 5.41) is 9.13. The number of hydrogen-bond donors (Lipinski definition) is 1. The SMILES string of the molecule is OCc1ccccc1OCCOc1ccccc1F. The molecule has 2 aromatic rings. The number of aliphatic hydroxyl groups is 1. The Kier molecular flexibility index (Phi) is 4.75. The molecule has 3 nitrogen and oxygen atoms in total. The fraction of sp³-hybridized carbons (Fsp3) is 0.200. The van der Waals surface area contributed by atoms with Gasteiger partial charge in [-0.15, -0.1) is 0 Å². The largest absolute Gasteiger partial charge is 0.490 e. The highest BCUT2D eigenvalue weighted by molar-refractivity contribution is 5.32. The van der Waals surface area contributed by atoms with Crippen LogP contribution < -0.4 is 9.47 Å². The number of ether oxygens (including phenoxy) is 2.